The Morgan fingerprint density at radius 3 is 2.91 bits per heavy atom. The SMILES string of the molecule is CN(C)C/C=C/C(=O)Nc1cc2c(N[13c]3[13cH][13cH][13c](F)[13c](Cl)[13cH]3)ncnc2cc1O[C@H]1CCOC1. The fourth-order valence-corrected chi connectivity index (χ4v) is 3.60. The van der Waals surface area contributed by atoms with Crippen LogP contribution in [0.2, 0.25) is 5.02 Å². The van der Waals surface area contributed by atoms with Gasteiger partial charge in [0, 0.05) is 36.2 Å². The maximum absolute atomic E-state index is 13.6. The summed E-state index contributed by atoms with van der Waals surface area (Å²) in [6.45, 7) is 1.75. The molecule has 8 nitrogen and oxygen atoms in total. The smallest absolute Gasteiger partial charge is 0.248 e. The van der Waals surface area contributed by atoms with E-state index in [9.17, 15) is 9.18 Å². The molecule has 1 atom stereocenters. The largest absolute Gasteiger partial charge is 0.486 e. The molecule has 0 saturated carbocycles. The molecule has 2 aromatic carbocycles. The van der Waals surface area contributed by atoms with Crippen LogP contribution in [0.3, 0.4) is 0 Å². The fraction of sp³-hybridized carbons (Fsp3) is 0.292. The number of fused-ring (bicyclic) bond motifs is 1. The lowest BCUT2D eigenvalue weighted by Gasteiger charge is -2.17. The van der Waals surface area contributed by atoms with Crippen LogP contribution in [0.25, 0.3) is 10.9 Å². The van der Waals surface area contributed by atoms with Gasteiger partial charge in [-0.1, -0.05) is 17.7 Å². The van der Waals surface area contributed by atoms with E-state index in [0.29, 0.717) is 53.6 Å². The van der Waals surface area contributed by atoms with E-state index in [4.69, 9.17) is 21.1 Å². The lowest BCUT2D eigenvalue weighted by atomic mass is 10.2. The molecule has 0 bridgehead atoms. The first kappa shape index (κ1) is 23.9. The van der Waals surface area contributed by atoms with Crippen molar-refractivity contribution >= 4 is 45.6 Å². The zero-order valence-corrected chi connectivity index (χ0v) is 19.6. The highest BCUT2D eigenvalue weighted by molar-refractivity contribution is 6.31. The zero-order valence-electron chi connectivity index (χ0n) is 18.8. The monoisotopic (exact) mass is 491 g/mol. The van der Waals surface area contributed by atoms with Crippen molar-refractivity contribution in [1.82, 2.24) is 14.9 Å². The van der Waals surface area contributed by atoms with Crippen molar-refractivity contribution in [2.75, 3.05) is 44.5 Å². The molecule has 34 heavy (non-hydrogen) atoms. The summed E-state index contributed by atoms with van der Waals surface area (Å²) in [5.74, 6) is 0.170. The summed E-state index contributed by atoms with van der Waals surface area (Å²) in [6, 6.07) is 7.82. The molecule has 0 unspecified atom stereocenters. The topological polar surface area (TPSA) is 88.6 Å². The van der Waals surface area contributed by atoms with E-state index in [2.05, 4.69) is 20.6 Å². The van der Waals surface area contributed by atoms with Crippen molar-refractivity contribution in [3.63, 3.8) is 0 Å². The number of ether oxygens (including phenoxy) is 2. The molecular formula is C24H25ClFN5O3. The molecule has 3 aromatic rings. The van der Waals surface area contributed by atoms with Crippen molar-refractivity contribution in [3.05, 3.63) is 59.7 Å². The van der Waals surface area contributed by atoms with E-state index < -0.39 is 5.82 Å². The molecule has 2 N–H and O–H groups in total. The molecule has 0 radical (unpaired) electrons. The first-order chi connectivity index (χ1) is 16.4. The van der Waals surface area contributed by atoms with E-state index in [-0.39, 0.29) is 17.0 Å². The van der Waals surface area contributed by atoms with Gasteiger partial charge in [-0.25, -0.2) is 14.4 Å². The molecule has 4 rings (SSSR count). The van der Waals surface area contributed by atoms with Crippen molar-refractivity contribution in [2.24, 2.45) is 0 Å². The highest BCUT2D eigenvalue weighted by atomic mass is 35.5. The lowest BCUT2D eigenvalue weighted by Crippen LogP contribution is -2.18. The van der Waals surface area contributed by atoms with Gasteiger partial charge in [0.15, 0.2) is 0 Å². The van der Waals surface area contributed by atoms with Crippen molar-refractivity contribution in [1.29, 1.82) is 0 Å². The van der Waals surface area contributed by atoms with Gasteiger partial charge in [-0.2, -0.15) is 0 Å². The van der Waals surface area contributed by atoms with Gasteiger partial charge in [0.1, 0.15) is 29.8 Å². The molecule has 1 amide bonds. The molecule has 1 saturated heterocycles. The Bertz CT molecular complexity index is 1210. The van der Waals surface area contributed by atoms with Gasteiger partial charge < -0.3 is 25.0 Å². The van der Waals surface area contributed by atoms with E-state index >= 15 is 0 Å². The first-order valence-electron chi connectivity index (χ1n) is 10.8. The van der Waals surface area contributed by atoms with Gasteiger partial charge in [-0.15, -0.1) is 0 Å². The summed E-state index contributed by atoms with van der Waals surface area (Å²) in [7, 11) is 3.84. The van der Waals surface area contributed by atoms with Gasteiger partial charge in [0.05, 0.1) is 29.4 Å². The molecule has 1 aromatic heterocycles. The molecule has 0 aliphatic carbocycles. The van der Waals surface area contributed by atoms with Crippen molar-refractivity contribution in [3.8, 4) is 5.75 Å². The number of carbonyl (C=O) groups is 1. The minimum atomic E-state index is -0.509. The Hall–Kier alpha value is -3.27. The minimum absolute atomic E-state index is 0.00436. The van der Waals surface area contributed by atoms with Crippen LogP contribution in [0.1, 0.15) is 6.42 Å². The molecule has 10 heteroatoms. The Labute approximate surface area is 201 Å². The summed E-state index contributed by atoms with van der Waals surface area (Å²) in [6.07, 6.45) is 5.32. The number of nitrogens with one attached hydrogen (secondary N) is 2. The number of rotatable bonds is 8. The number of anilines is 3. The van der Waals surface area contributed by atoms with Gasteiger partial charge in [0.2, 0.25) is 5.91 Å². The predicted octanol–water partition coefficient (Wildman–Crippen LogP) is 4.39. The van der Waals surface area contributed by atoms with Crippen LogP contribution in [-0.2, 0) is 9.53 Å². The molecule has 1 aliphatic heterocycles. The third-order valence-corrected chi connectivity index (χ3v) is 5.39. The second kappa shape index (κ2) is 10.8. The van der Waals surface area contributed by atoms with Crippen LogP contribution in [0.5, 0.6) is 5.75 Å². The van der Waals surface area contributed by atoms with Gasteiger partial charge in [-0.3, -0.25) is 4.79 Å². The van der Waals surface area contributed by atoms with Gasteiger partial charge in [0.25, 0.3) is 0 Å². The molecule has 1 fully saturated rings. The summed E-state index contributed by atoms with van der Waals surface area (Å²) in [4.78, 5) is 23.2. The van der Waals surface area contributed by atoms with Crippen LogP contribution < -0.4 is 15.4 Å². The Balaban J connectivity index is 1.68. The standard InChI is InChI=1S/C24H25ClFN5O3/c1-31(2)8-3-4-23(32)30-21-11-17-20(12-22(21)34-16-7-9-33-13-16)27-14-28-24(17)29-15-5-6-19(26)18(25)10-15/h3-6,10-12,14,16H,7-9,13H2,1-2H3,(H,30,32)(H,27,28,29)/b4-3+/t16-/m0/s1/i5+1,6+1,10+1,15+1,18+1,19+1. The van der Waals surface area contributed by atoms with Gasteiger partial charge >= 0.3 is 0 Å². The minimum Gasteiger partial charge on any atom is -0.486 e. The average molecular weight is 492 g/mol. The van der Waals surface area contributed by atoms with E-state index in [1.54, 1.807) is 24.3 Å². The maximum atomic E-state index is 13.6. The second-order valence-electron chi connectivity index (χ2n) is 8.10. The number of likely N-dealkylation sites (N-methyl/N-ethyl adjacent to an activating group) is 1. The summed E-state index contributed by atoms with van der Waals surface area (Å²) in [5, 5.41) is 6.67. The third kappa shape index (κ3) is 5.99. The van der Waals surface area contributed by atoms with Crippen LogP contribution in [0.4, 0.5) is 21.6 Å². The Kier molecular flexibility index (Phi) is 7.56. The predicted molar refractivity (Wildman–Crippen MR) is 130 cm³/mol. The highest BCUT2D eigenvalue weighted by Crippen LogP contribution is 2.35. The molecular weight excluding hydrogens is 467 g/mol. The van der Waals surface area contributed by atoms with E-state index in [0.717, 1.165) is 6.42 Å². The van der Waals surface area contributed by atoms with Crippen molar-refractivity contribution < 1.29 is 18.7 Å². The number of aromatic nitrogens is 2. The van der Waals surface area contributed by atoms with E-state index in [1.165, 1.54) is 24.5 Å². The molecule has 1 aliphatic rings. The Morgan fingerprint density at radius 1 is 1.32 bits per heavy atom. The normalized spacial score (nSPS) is 15.9. The highest BCUT2D eigenvalue weighted by Gasteiger charge is 2.20. The lowest BCUT2D eigenvalue weighted by molar-refractivity contribution is -0.111. The summed E-state index contributed by atoms with van der Waals surface area (Å²) in [5.41, 5.74) is 1.65. The average Bonchev–Trinajstić information content (AvgIpc) is 3.30. The molecule has 178 valence electrons. The van der Waals surface area contributed by atoms with Crippen LogP contribution in [-0.4, -0.2) is 60.7 Å². The number of benzene rings is 2. The number of hydrogen-bond donors (Lipinski definition) is 2. The Morgan fingerprint density at radius 2 is 2.18 bits per heavy atom. The number of nitrogens with zero attached hydrogens (tertiary/aromatic N) is 3. The van der Waals surface area contributed by atoms with Crippen LogP contribution >= 0.6 is 11.6 Å². The number of hydrogen-bond acceptors (Lipinski definition) is 7. The maximum Gasteiger partial charge on any atom is 0.248 e. The number of amides is 1. The fourth-order valence-electron chi connectivity index (χ4n) is 3.42. The summed E-state index contributed by atoms with van der Waals surface area (Å²) < 4.78 is 25.1. The van der Waals surface area contributed by atoms with E-state index in [1.807, 2.05) is 19.0 Å². The number of halogens is 2. The third-order valence-electron chi connectivity index (χ3n) is 5.10. The second-order valence-corrected chi connectivity index (χ2v) is 8.51. The zero-order chi connectivity index (χ0) is 24.1. The number of carbonyl (C=O) groups excluding carboxylic acids is 1. The van der Waals surface area contributed by atoms with Crippen LogP contribution in [0, 0.1) is 5.82 Å². The quantitative estimate of drug-likeness (QED) is 0.452. The van der Waals surface area contributed by atoms with Crippen LogP contribution in [0.15, 0.2) is 48.8 Å². The molecule has 2 heterocycles. The van der Waals surface area contributed by atoms with Gasteiger partial charge in [-0.05, 0) is 38.4 Å². The summed E-state index contributed by atoms with van der Waals surface area (Å²) >= 11 is 5.91. The van der Waals surface area contributed by atoms with Crippen molar-refractivity contribution in [2.45, 2.75) is 12.5 Å². The first-order valence-corrected chi connectivity index (χ1v) is 11.1. The molecule has 0 spiro atoms.